The number of benzene rings is 1. The Labute approximate surface area is 170 Å². The van der Waals surface area contributed by atoms with Gasteiger partial charge in [-0.15, -0.1) is 24.0 Å². The van der Waals surface area contributed by atoms with Crippen LogP contribution in [0.15, 0.2) is 29.3 Å². The molecule has 7 heteroatoms. The number of sulfone groups is 1. The van der Waals surface area contributed by atoms with Crippen molar-refractivity contribution in [2.45, 2.75) is 45.4 Å². The van der Waals surface area contributed by atoms with Crippen LogP contribution >= 0.6 is 24.0 Å². The molecule has 0 aliphatic carbocycles. The summed E-state index contributed by atoms with van der Waals surface area (Å²) in [5, 5.41) is 6.59. The molecule has 0 atom stereocenters. The third-order valence-corrected chi connectivity index (χ3v) is 4.49. The number of nitrogens with one attached hydrogen (secondary N) is 2. The molecule has 25 heavy (non-hydrogen) atoms. The Morgan fingerprint density at radius 2 is 1.68 bits per heavy atom. The lowest BCUT2D eigenvalue weighted by Gasteiger charge is -2.12. The van der Waals surface area contributed by atoms with E-state index in [0.717, 1.165) is 36.0 Å². The van der Waals surface area contributed by atoms with Gasteiger partial charge in [-0.2, -0.15) is 0 Å². The van der Waals surface area contributed by atoms with Crippen molar-refractivity contribution >= 4 is 39.8 Å². The van der Waals surface area contributed by atoms with Crippen LogP contribution in [0, 0.1) is 5.92 Å². The Balaban J connectivity index is 0.00000576. The lowest BCUT2D eigenvalue weighted by molar-refractivity contribution is 0.534. The Morgan fingerprint density at radius 3 is 2.20 bits per heavy atom. The van der Waals surface area contributed by atoms with E-state index in [1.54, 1.807) is 7.05 Å². The smallest absolute Gasteiger partial charge is 0.191 e. The molecule has 2 N–H and O–H groups in total. The highest BCUT2D eigenvalue weighted by Gasteiger charge is 2.04. The number of unbranched alkanes of at least 4 members (excludes halogenated alkanes) is 1. The number of aliphatic imine (C=N–C) groups is 1. The topological polar surface area (TPSA) is 70.6 Å². The standard InChI is InChI=1S/C18H31N3O2S.HI/c1-15(2)7-5-6-12-20-18(19-3)21-13-16-8-10-17(11-9-16)14-24(4,22)23;/h8-11,15H,5-7,12-14H2,1-4H3,(H2,19,20,21);1H. The highest BCUT2D eigenvalue weighted by atomic mass is 127. The third kappa shape index (κ3) is 12.2. The minimum atomic E-state index is -2.99. The van der Waals surface area contributed by atoms with Gasteiger partial charge >= 0.3 is 0 Å². The predicted molar refractivity (Wildman–Crippen MR) is 117 cm³/mol. The maximum absolute atomic E-state index is 11.3. The van der Waals surface area contributed by atoms with E-state index in [-0.39, 0.29) is 29.7 Å². The normalized spacial score (nSPS) is 12.0. The van der Waals surface area contributed by atoms with Crippen molar-refractivity contribution in [2.75, 3.05) is 19.8 Å². The minimum Gasteiger partial charge on any atom is -0.356 e. The first kappa shape index (κ1) is 24.2. The molecular formula is C18H32IN3O2S. The number of nitrogens with zero attached hydrogens (tertiary/aromatic N) is 1. The van der Waals surface area contributed by atoms with Gasteiger partial charge < -0.3 is 10.6 Å². The Bertz CT molecular complexity index is 614. The lowest BCUT2D eigenvalue weighted by atomic mass is 10.1. The molecule has 0 aromatic heterocycles. The molecule has 0 heterocycles. The van der Waals surface area contributed by atoms with Crippen molar-refractivity contribution in [3.63, 3.8) is 0 Å². The van der Waals surface area contributed by atoms with E-state index in [9.17, 15) is 8.42 Å². The van der Waals surface area contributed by atoms with Gasteiger partial charge in [0, 0.05) is 26.4 Å². The third-order valence-electron chi connectivity index (χ3n) is 3.64. The molecule has 0 saturated heterocycles. The van der Waals surface area contributed by atoms with Gasteiger partial charge in [-0.1, -0.05) is 51.0 Å². The van der Waals surface area contributed by atoms with Crippen LogP contribution in [0.1, 0.15) is 44.2 Å². The second-order valence-corrected chi connectivity index (χ2v) is 8.77. The van der Waals surface area contributed by atoms with Crippen molar-refractivity contribution in [3.8, 4) is 0 Å². The highest BCUT2D eigenvalue weighted by molar-refractivity contribution is 14.0. The average Bonchev–Trinajstić information content (AvgIpc) is 2.49. The summed E-state index contributed by atoms with van der Waals surface area (Å²) in [4.78, 5) is 4.22. The van der Waals surface area contributed by atoms with Gasteiger partial charge in [-0.25, -0.2) is 8.42 Å². The van der Waals surface area contributed by atoms with Crippen LogP contribution in [-0.2, 0) is 22.1 Å². The van der Waals surface area contributed by atoms with E-state index in [1.807, 2.05) is 24.3 Å². The molecule has 0 unspecified atom stereocenters. The van der Waals surface area contributed by atoms with Crippen molar-refractivity contribution in [1.29, 1.82) is 0 Å². The SMILES string of the molecule is CN=C(NCCCCC(C)C)NCc1ccc(CS(C)(=O)=O)cc1.I. The zero-order valence-electron chi connectivity index (χ0n) is 15.7. The van der Waals surface area contributed by atoms with E-state index >= 15 is 0 Å². The van der Waals surface area contributed by atoms with E-state index in [2.05, 4.69) is 29.5 Å². The van der Waals surface area contributed by atoms with E-state index < -0.39 is 9.84 Å². The molecule has 1 aromatic carbocycles. The zero-order valence-corrected chi connectivity index (χ0v) is 18.9. The Kier molecular flexibility index (Phi) is 12.1. The summed E-state index contributed by atoms with van der Waals surface area (Å²) >= 11 is 0. The lowest BCUT2D eigenvalue weighted by Crippen LogP contribution is -2.37. The fraction of sp³-hybridized carbons (Fsp3) is 0.611. The first-order valence-electron chi connectivity index (χ1n) is 8.50. The van der Waals surface area contributed by atoms with Crippen molar-refractivity contribution in [3.05, 3.63) is 35.4 Å². The quantitative estimate of drug-likeness (QED) is 0.246. The van der Waals surface area contributed by atoms with Crippen LogP contribution < -0.4 is 10.6 Å². The van der Waals surface area contributed by atoms with Crippen molar-refractivity contribution in [1.82, 2.24) is 10.6 Å². The highest BCUT2D eigenvalue weighted by Crippen LogP contribution is 2.08. The fourth-order valence-electron chi connectivity index (χ4n) is 2.35. The van der Waals surface area contributed by atoms with Gasteiger partial charge in [0.25, 0.3) is 0 Å². The molecule has 0 bridgehead atoms. The van der Waals surface area contributed by atoms with Crippen LogP contribution in [0.25, 0.3) is 0 Å². The van der Waals surface area contributed by atoms with Crippen molar-refractivity contribution < 1.29 is 8.42 Å². The minimum absolute atomic E-state index is 0. The van der Waals surface area contributed by atoms with E-state index in [0.29, 0.717) is 6.54 Å². The van der Waals surface area contributed by atoms with Crippen LogP contribution in [-0.4, -0.2) is 34.2 Å². The summed E-state index contributed by atoms with van der Waals surface area (Å²) in [6.07, 6.45) is 4.87. The largest absolute Gasteiger partial charge is 0.356 e. The van der Waals surface area contributed by atoms with Crippen LogP contribution in [0.5, 0.6) is 0 Å². The molecule has 0 amide bonds. The number of hydrogen-bond donors (Lipinski definition) is 2. The molecule has 0 saturated carbocycles. The Hall–Kier alpha value is -0.830. The molecule has 0 aliphatic rings. The molecule has 0 spiro atoms. The number of rotatable bonds is 9. The van der Waals surface area contributed by atoms with Gasteiger partial charge in [0.2, 0.25) is 0 Å². The molecule has 0 fully saturated rings. The number of guanidine groups is 1. The number of hydrogen-bond acceptors (Lipinski definition) is 3. The van der Waals surface area contributed by atoms with Crippen LogP contribution in [0.2, 0.25) is 0 Å². The first-order chi connectivity index (χ1) is 11.3. The van der Waals surface area contributed by atoms with E-state index in [1.165, 1.54) is 19.1 Å². The van der Waals surface area contributed by atoms with E-state index in [4.69, 9.17) is 0 Å². The second kappa shape index (κ2) is 12.5. The monoisotopic (exact) mass is 481 g/mol. The molecular weight excluding hydrogens is 449 g/mol. The molecule has 0 radical (unpaired) electrons. The summed E-state index contributed by atoms with van der Waals surface area (Å²) in [5.41, 5.74) is 1.91. The molecule has 0 aliphatic heterocycles. The number of halogens is 1. The molecule has 1 aromatic rings. The zero-order chi connectivity index (χ0) is 18.0. The van der Waals surface area contributed by atoms with Crippen molar-refractivity contribution in [2.24, 2.45) is 10.9 Å². The van der Waals surface area contributed by atoms with Gasteiger partial charge in [0.05, 0.1) is 5.75 Å². The maximum Gasteiger partial charge on any atom is 0.191 e. The summed E-state index contributed by atoms with van der Waals surface area (Å²) in [6.45, 7) is 6.06. The summed E-state index contributed by atoms with van der Waals surface area (Å²) in [6, 6.07) is 7.62. The molecule has 5 nitrogen and oxygen atoms in total. The van der Waals surface area contributed by atoms with Gasteiger partial charge in [0.15, 0.2) is 15.8 Å². The summed E-state index contributed by atoms with van der Waals surface area (Å²) < 4.78 is 22.6. The molecule has 144 valence electrons. The van der Waals surface area contributed by atoms with Gasteiger partial charge in [0.1, 0.15) is 0 Å². The Morgan fingerprint density at radius 1 is 1.08 bits per heavy atom. The van der Waals surface area contributed by atoms with Crippen LogP contribution in [0.4, 0.5) is 0 Å². The van der Waals surface area contributed by atoms with Crippen LogP contribution in [0.3, 0.4) is 0 Å². The average molecular weight is 481 g/mol. The first-order valence-corrected chi connectivity index (χ1v) is 10.6. The predicted octanol–water partition coefficient (Wildman–Crippen LogP) is 3.34. The fourth-order valence-corrected chi connectivity index (χ4v) is 3.14. The van der Waals surface area contributed by atoms with Gasteiger partial charge in [-0.3, -0.25) is 4.99 Å². The maximum atomic E-state index is 11.3. The van der Waals surface area contributed by atoms with Gasteiger partial charge in [-0.05, 0) is 23.5 Å². The summed E-state index contributed by atoms with van der Waals surface area (Å²) in [5.74, 6) is 1.63. The second-order valence-electron chi connectivity index (χ2n) is 6.63. The summed E-state index contributed by atoms with van der Waals surface area (Å²) in [7, 11) is -1.22. The molecule has 1 rings (SSSR count).